The molecule has 0 spiro atoms. The molecule has 1 aliphatic heterocycles. The number of furan rings is 1. The van der Waals surface area contributed by atoms with Crippen molar-refractivity contribution in [3.05, 3.63) is 70.7 Å². The SMILES string of the molecule is CC1CN(Cc2ccccc2)CCC1c1c(F)c(Cl)cc2ccoc12. The van der Waals surface area contributed by atoms with Crippen molar-refractivity contribution in [1.29, 1.82) is 0 Å². The van der Waals surface area contributed by atoms with Crippen LogP contribution >= 0.6 is 11.6 Å². The first-order valence-corrected chi connectivity index (χ1v) is 9.12. The summed E-state index contributed by atoms with van der Waals surface area (Å²) in [5.41, 5.74) is 2.62. The van der Waals surface area contributed by atoms with Gasteiger partial charge in [0.2, 0.25) is 0 Å². The van der Waals surface area contributed by atoms with E-state index in [0.717, 1.165) is 31.4 Å². The lowest BCUT2D eigenvalue weighted by Crippen LogP contribution is -2.38. The van der Waals surface area contributed by atoms with Crippen molar-refractivity contribution in [1.82, 2.24) is 4.90 Å². The van der Waals surface area contributed by atoms with Crippen LogP contribution in [0.3, 0.4) is 0 Å². The van der Waals surface area contributed by atoms with Crippen LogP contribution in [0, 0.1) is 11.7 Å². The summed E-state index contributed by atoms with van der Waals surface area (Å²) < 4.78 is 20.4. The minimum atomic E-state index is -0.322. The topological polar surface area (TPSA) is 16.4 Å². The van der Waals surface area contributed by atoms with Crippen molar-refractivity contribution in [3.8, 4) is 0 Å². The van der Waals surface area contributed by atoms with Gasteiger partial charge in [-0.2, -0.15) is 0 Å². The summed E-state index contributed by atoms with van der Waals surface area (Å²) in [6, 6.07) is 14.0. The fraction of sp³-hybridized carbons (Fsp3) is 0.333. The maximum Gasteiger partial charge on any atom is 0.149 e. The van der Waals surface area contributed by atoms with Gasteiger partial charge in [0.1, 0.15) is 11.4 Å². The molecule has 2 nitrogen and oxygen atoms in total. The summed E-state index contributed by atoms with van der Waals surface area (Å²) in [6.45, 7) is 5.01. The van der Waals surface area contributed by atoms with Gasteiger partial charge >= 0.3 is 0 Å². The van der Waals surface area contributed by atoms with Crippen LogP contribution in [0.1, 0.15) is 30.4 Å². The molecular formula is C21H21ClFNO. The number of likely N-dealkylation sites (tertiary alicyclic amines) is 1. The van der Waals surface area contributed by atoms with E-state index in [1.807, 2.05) is 12.1 Å². The molecule has 4 heteroatoms. The highest BCUT2D eigenvalue weighted by atomic mass is 35.5. The summed E-state index contributed by atoms with van der Waals surface area (Å²) in [4.78, 5) is 2.44. The first-order valence-electron chi connectivity index (χ1n) is 8.75. The van der Waals surface area contributed by atoms with Crippen molar-refractivity contribution in [3.63, 3.8) is 0 Å². The summed E-state index contributed by atoms with van der Waals surface area (Å²) >= 11 is 6.13. The number of nitrogens with zero attached hydrogens (tertiary/aromatic N) is 1. The van der Waals surface area contributed by atoms with E-state index in [2.05, 4.69) is 36.1 Å². The molecule has 0 amide bonds. The molecule has 1 aromatic heterocycles. The Morgan fingerprint density at radius 1 is 1.24 bits per heavy atom. The zero-order valence-electron chi connectivity index (χ0n) is 14.2. The number of hydrogen-bond acceptors (Lipinski definition) is 2. The number of hydrogen-bond donors (Lipinski definition) is 0. The van der Waals surface area contributed by atoms with Crippen molar-refractivity contribution < 1.29 is 8.81 Å². The van der Waals surface area contributed by atoms with E-state index >= 15 is 0 Å². The van der Waals surface area contributed by atoms with Gasteiger partial charge in [-0.15, -0.1) is 0 Å². The Kier molecular flexibility index (Phi) is 4.53. The summed E-state index contributed by atoms with van der Waals surface area (Å²) in [5.74, 6) is 0.135. The van der Waals surface area contributed by atoms with Crippen LogP contribution in [0.5, 0.6) is 0 Å². The highest BCUT2D eigenvalue weighted by Crippen LogP contribution is 2.41. The predicted octanol–water partition coefficient (Wildman–Crippen LogP) is 5.85. The lowest BCUT2D eigenvalue weighted by Gasteiger charge is -2.37. The van der Waals surface area contributed by atoms with Gasteiger partial charge in [-0.05, 0) is 42.5 Å². The Morgan fingerprint density at radius 3 is 2.80 bits per heavy atom. The van der Waals surface area contributed by atoms with Gasteiger partial charge in [0.15, 0.2) is 0 Å². The van der Waals surface area contributed by atoms with Crippen LogP contribution in [0.25, 0.3) is 11.0 Å². The third-order valence-electron chi connectivity index (χ3n) is 5.28. The number of halogens is 2. The van der Waals surface area contributed by atoms with E-state index in [1.54, 1.807) is 12.3 Å². The molecule has 1 saturated heterocycles. The highest BCUT2D eigenvalue weighted by Gasteiger charge is 2.32. The fourth-order valence-electron chi connectivity index (χ4n) is 4.06. The lowest BCUT2D eigenvalue weighted by atomic mass is 9.80. The molecule has 0 N–H and O–H groups in total. The van der Waals surface area contributed by atoms with E-state index < -0.39 is 0 Å². The summed E-state index contributed by atoms with van der Waals surface area (Å²) in [6.07, 6.45) is 2.51. The van der Waals surface area contributed by atoms with Crippen LogP contribution in [0.4, 0.5) is 4.39 Å². The quantitative estimate of drug-likeness (QED) is 0.584. The maximum atomic E-state index is 14.8. The summed E-state index contributed by atoms with van der Waals surface area (Å²) in [5, 5.41) is 1.06. The minimum absolute atomic E-state index is 0.124. The first kappa shape index (κ1) is 16.6. The summed E-state index contributed by atoms with van der Waals surface area (Å²) in [7, 11) is 0. The van der Waals surface area contributed by atoms with Crippen molar-refractivity contribution in [2.75, 3.05) is 13.1 Å². The molecule has 130 valence electrons. The molecule has 1 fully saturated rings. The highest BCUT2D eigenvalue weighted by molar-refractivity contribution is 6.31. The Bertz CT molecular complexity index is 876. The third kappa shape index (κ3) is 3.19. The van der Waals surface area contributed by atoms with Gasteiger partial charge < -0.3 is 4.42 Å². The van der Waals surface area contributed by atoms with Crippen LogP contribution in [-0.4, -0.2) is 18.0 Å². The van der Waals surface area contributed by atoms with E-state index in [0.29, 0.717) is 17.1 Å². The number of fused-ring (bicyclic) bond motifs is 1. The zero-order valence-corrected chi connectivity index (χ0v) is 15.0. The van der Waals surface area contributed by atoms with Crippen molar-refractivity contribution in [2.45, 2.75) is 25.8 Å². The Morgan fingerprint density at radius 2 is 2.04 bits per heavy atom. The van der Waals surface area contributed by atoms with Crippen LogP contribution in [0.15, 0.2) is 53.1 Å². The van der Waals surface area contributed by atoms with Gasteiger partial charge in [0.25, 0.3) is 0 Å². The Labute approximate surface area is 152 Å². The molecule has 0 saturated carbocycles. The largest absolute Gasteiger partial charge is 0.464 e. The molecule has 3 aromatic rings. The molecule has 4 rings (SSSR count). The molecule has 2 unspecified atom stereocenters. The normalized spacial score (nSPS) is 21.7. The molecule has 2 atom stereocenters. The molecular weight excluding hydrogens is 337 g/mol. The van der Waals surface area contributed by atoms with E-state index in [9.17, 15) is 4.39 Å². The molecule has 2 aromatic carbocycles. The predicted molar refractivity (Wildman–Crippen MR) is 99.4 cm³/mol. The monoisotopic (exact) mass is 357 g/mol. The Hall–Kier alpha value is -1.84. The average Bonchev–Trinajstić information content (AvgIpc) is 3.06. The number of rotatable bonds is 3. The fourth-order valence-corrected chi connectivity index (χ4v) is 4.28. The first-order chi connectivity index (χ1) is 12.1. The average molecular weight is 358 g/mol. The number of piperidine rings is 1. The van der Waals surface area contributed by atoms with Gasteiger partial charge in [0, 0.05) is 24.0 Å². The van der Waals surface area contributed by atoms with Gasteiger partial charge in [-0.1, -0.05) is 48.9 Å². The van der Waals surface area contributed by atoms with Gasteiger partial charge in [0.05, 0.1) is 11.3 Å². The van der Waals surface area contributed by atoms with Crippen molar-refractivity contribution in [2.24, 2.45) is 5.92 Å². The van der Waals surface area contributed by atoms with E-state index in [4.69, 9.17) is 16.0 Å². The van der Waals surface area contributed by atoms with Gasteiger partial charge in [-0.3, -0.25) is 4.90 Å². The molecule has 0 radical (unpaired) electrons. The van der Waals surface area contributed by atoms with E-state index in [-0.39, 0.29) is 16.8 Å². The Balaban J connectivity index is 1.58. The van der Waals surface area contributed by atoms with Crippen LogP contribution < -0.4 is 0 Å². The molecule has 0 aliphatic carbocycles. The molecule has 1 aliphatic rings. The van der Waals surface area contributed by atoms with Gasteiger partial charge in [-0.25, -0.2) is 4.39 Å². The maximum absolute atomic E-state index is 14.8. The second-order valence-corrected chi connectivity index (χ2v) is 7.43. The number of benzene rings is 2. The van der Waals surface area contributed by atoms with E-state index in [1.165, 1.54) is 5.56 Å². The lowest BCUT2D eigenvalue weighted by molar-refractivity contribution is 0.154. The standard InChI is InChI=1S/C21H21ClFNO/c1-14-12-24(13-15-5-3-2-4-6-15)9-7-17(14)19-20(23)18(22)11-16-8-10-25-21(16)19/h2-6,8,10-11,14,17H,7,9,12-13H2,1H3. The van der Waals surface area contributed by atoms with Crippen molar-refractivity contribution >= 4 is 22.6 Å². The third-order valence-corrected chi connectivity index (χ3v) is 5.55. The smallest absolute Gasteiger partial charge is 0.149 e. The molecule has 25 heavy (non-hydrogen) atoms. The zero-order chi connectivity index (χ0) is 17.4. The second-order valence-electron chi connectivity index (χ2n) is 7.02. The molecule has 0 bridgehead atoms. The minimum Gasteiger partial charge on any atom is -0.464 e. The van der Waals surface area contributed by atoms with Crippen LogP contribution in [-0.2, 0) is 6.54 Å². The van der Waals surface area contributed by atoms with Crippen LogP contribution in [0.2, 0.25) is 5.02 Å². The second kappa shape index (κ2) is 6.81. The molecule has 2 heterocycles.